The van der Waals surface area contributed by atoms with E-state index in [0.29, 0.717) is 18.6 Å². The molecule has 0 spiro atoms. The van der Waals surface area contributed by atoms with Gasteiger partial charge < -0.3 is 5.11 Å². The number of nitro groups is 1. The molecule has 2 unspecified atom stereocenters. The van der Waals surface area contributed by atoms with E-state index in [1.807, 2.05) is 6.08 Å². The van der Waals surface area contributed by atoms with Crippen LogP contribution in [0.25, 0.3) is 6.08 Å². The summed E-state index contributed by atoms with van der Waals surface area (Å²) in [5, 5.41) is 19.3. The summed E-state index contributed by atoms with van der Waals surface area (Å²) >= 11 is 0. The number of aliphatic carboxylic acids is 1. The molecule has 0 bridgehead atoms. The van der Waals surface area contributed by atoms with E-state index in [-0.39, 0.29) is 23.9 Å². The Bertz CT molecular complexity index is 665. The van der Waals surface area contributed by atoms with Crippen molar-refractivity contribution in [1.82, 2.24) is 0 Å². The molecule has 6 heteroatoms. The Labute approximate surface area is 153 Å². The van der Waals surface area contributed by atoms with Crippen molar-refractivity contribution in [1.29, 1.82) is 0 Å². The van der Waals surface area contributed by atoms with Crippen molar-refractivity contribution in [2.75, 3.05) is 0 Å². The van der Waals surface area contributed by atoms with E-state index in [4.69, 9.17) is 5.11 Å². The number of carboxylic acids is 1. The summed E-state index contributed by atoms with van der Waals surface area (Å²) in [5.74, 6) is -0.179. The van der Waals surface area contributed by atoms with Crippen LogP contribution in [0.15, 0.2) is 30.3 Å². The van der Waals surface area contributed by atoms with Gasteiger partial charge in [-0.1, -0.05) is 31.4 Å². The molecule has 0 heterocycles. The number of unbranched alkanes of at least 4 members (excludes halogenated alkanes) is 3. The second-order valence-corrected chi connectivity index (χ2v) is 6.83. The van der Waals surface area contributed by atoms with E-state index in [9.17, 15) is 19.7 Å². The first-order valence-electron chi connectivity index (χ1n) is 9.14. The number of hydrogen-bond acceptors (Lipinski definition) is 4. The molecule has 140 valence electrons. The van der Waals surface area contributed by atoms with Gasteiger partial charge in [-0.3, -0.25) is 19.7 Å². The number of nitrogens with zero attached hydrogens (tertiary/aromatic N) is 1. The van der Waals surface area contributed by atoms with Gasteiger partial charge in [0.25, 0.3) is 5.69 Å². The molecular formula is C20H25NO5. The number of carboxylic acid groups (broad SMARTS) is 1. The van der Waals surface area contributed by atoms with Gasteiger partial charge in [0.05, 0.1) is 4.92 Å². The maximum absolute atomic E-state index is 12.1. The standard InChI is InChI=1S/C20H25NO5/c22-19-14-11-16(18(19)5-3-1-2-4-6-20(23)24)10-7-15-8-12-17(13-9-15)21(25)26/h7-10,12-13,16,18H,1-6,11,14H2,(H,23,24). The molecule has 1 aliphatic carbocycles. The summed E-state index contributed by atoms with van der Waals surface area (Å²) in [4.78, 5) is 32.9. The Morgan fingerprint density at radius 1 is 1.19 bits per heavy atom. The van der Waals surface area contributed by atoms with Gasteiger partial charge in [0, 0.05) is 30.9 Å². The first-order valence-corrected chi connectivity index (χ1v) is 9.14. The fraction of sp³-hybridized carbons (Fsp3) is 0.500. The zero-order valence-electron chi connectivity index (χ0n) is 14.8. The van der Waals surface area contributed by atoms with Gasteiger partial charge in [0.1, 0.15) is 5.78 Å². The van der Waals surface area contributed by atoms with Crippen molar-refractivity contribution in [2.45, 2.75) is 51.4 Å². The topological polar surface area (TPSA) is 97.5 Å². The molecule has 6 nitrogen and oxygen atoms in total. The van der Waals surface area contributed by atoms with Crippen LogP contribution < -0.4 is 0 Å². The third kappa shape index (κ3) is 6.10. The largest absolute Gasteiger partial charge is 0.481 e. The smallest absolute Gasteiger partial charge is 0.303 e. The van der Waals surface area contributed by atoms with E-state index in [1.165, 1.54) is 12.1 Å². The molecule has 0 aromatic heterocycles. The molecule has 1 aromatic rings. The van der Waals surface area contributed by atoms with Crippen LogP contribution in [0.2, 0.25) is 0 Å². The maximum atomic E-state index is 12.1. The van der Waals surface area contributed by atoms with Gasteiger partial charge in [-0.2, -0.15) is 0 Å². The number of carbonyl (C=O) groups excluding carboxylic acids is 1. The van der Waals surface area contributed by atoms with Crippen LogP contribution in [-0.2, 0) is 9.59 Å². The molecule has 0 saturated heterocycles. The quantitative estimate of drug-likeness (QED) is 0.373. The molecule has 2 rings (SSSR count). The van der Waals surface area contributed by atoms with Crippen molar-refractivity contribution < 1.29 is 19.6 Å². The normalized spacial score (nSPS) is 19.9. The highest BCUT2D eigenvalue weighted by Gasteiger charge is 2.32. The first-order chi connectivity index (χ1) is 12.5. The fourth-order valence-electron chi connectivity index (χ4n) is 3.48. The van der Waals surface area contributed by atoms with Crippen molar-refractivity contribution in [3.63, 3.8) is 0 Å². The number of hydrogen-bond donors (Lipinski definition) is 1. The summed E-state index contributed by atoms with van der Waals surface area (Å²) < 4.78 is 0. The molecule has 1 aliphatic rings. The Morgan fingerprint density at radius 3 is 2.54 bits per heavy atom. The van der Waals surface area contributed by atoms with Gasteiger partial charge in [-0.05, 0) is 42.9 Å². The molecule has 1 N–H and O–H groups in total. The molecule has 0 radical (unpaired) electrons. The van der Waals surface area contributed by atoms with Gasteiger partial charge in [0.15, 0.2) is 0 Å². The number of allylic oxidation sites excluding steroid dienone is 1. The summed E-state index contributed by atoms with van der Waals surface area (Å²) in [7, 11) is 0. The van der Waals surface area contributed by atoms with Gasteiger partial charge in [0.2, 0.25) is 0 Å². The predicted molar refractivity (Wildman–Crippen MR) is 98.7 cm³/mol. The molecule has 2 atom stereocenters. The van der Waals surface area contributed by atoms with E-state index in [0.717, 1.165) is 37.7 Å². The zero-order chi connectivity index (χ0) is 18.9. The minimum absolute atomic E-state index is 0.0452. The molecule has 26 heavy (non-hydrogen) atoms. The highest BCUT2D eigenvalue weighted by molar-refractivity contribution is 5.84. The molecule has 1 saturated carbocycles. The third-order valence-corrected chi connectivity index (χ3v) is 4.95. The summed E-state index contributed by atoms with van der Waals surface area (Å²) in [6, 6.07) is 6.38. The predicted octanol–water partition coefficient (Wildman–Crippen LogP) is 4.63. The average Bonchev–Trinajstić information content (AvgIpc) is 2.96. The average molecular weight is 359 g/mol. The van der Waals surface area contributed by atoms with Crippen molar-refractivity contribution in [3.05, 3.63) is 46.0 Å². The van der Waals surface area contributed by atoms with Crippen molar-refractivity contribution in [3.8, 4) is 0 Å². The lowest BCUT2D eigenvalue weighted by atomic mass is 9.89. The lowest BCUT2D eigenvalue weighted by Gasteiger charge is -2.14. The van der Waals surface area contributed by atoms with Crippen molar-refractivity contribution in [2.24, 2.45) is 11.8 Å². The Hall–Kier alpha value is -2.50. The summed E-state index contributed by atoms with van der Waals surface area (Å²) in [5.41, 5.74) is 0.960. The monoisotopic (exact) mass is 359 g/mol. The SMILES string of the molecule is O=C(O)CCCCCCC1C(=O)CCC1C=Cc1ccc([N+](=O)[O-])cc1. The zero-order valence-corrected chi connectivity index (χ0v) is 14.8. The maximum Gasteiger partial charge on any atom is 0.303 e. The lowest BCUT2D eigenvalue weighted by Crippen LogP contribution is -2.13. The van der Waals surface area contributed by atoms with Crippen LogP contribution >= 0.6 is 0 Å². The number of ketones is 1. The molecule has 1 aromatic carbocycles. The minimum Gasteiger partial charge on any atom is -0.481 e. The van der Waals surface area contributed by atoms with Gasteiger partial charge >= 0.3 is 5.97 Å². The Morgan fingerprint density at radius 2 is 1.88 bits per heavy atom. The first kappa shape index (κ1) is 19.8. The summed E-state index contributed by atoms with van der Waals surface area (Å²) in [6.45, 7) is 0. The highest BCUT2D eigenvalue weighted by Crippen LogP contribution is 2.34. The van der Waals surface area contributed by atoms with E-state index < -0.39 is 10.9 Å². The van der Waals surface area contributed by atoms with E-state index in [2.05, 4.69) is 6.08 Å². The van der Waals surface area contributed by atoms with Gasteiger partial charge in [-0.15, -0.1) is 0 Å². The number of carbonyl (C=O) groups is 2. The molecule has 0 amide bonds. The molecule has 0 aliphatic heterocycles. The Kier molecular flexibility index (Phi) is 7.51. The van der Waals surface area contributed by atoms with Crippen LogP contribution in [0.3, 0.4) is 0 Å². The number of benzene rings is 1. The number of non-ortho nitro benzene ring substituents is 1. The fourth-order valence-corrected chi connectivity index (χ4v) is 3.48. The molecule has 1 fully saturated rings. The van der Waals surface area contributed by atoms with Crippen LogP contribution in [0.1, 0.15) is 56.9 Å². The van der Waals surface area contributed by atoms with Crippen LogP contribution in [0, 0.1) is 22.0 Å². The Balaban J connectivity index is 1.82. The third-order valence-electron chi connectivity index (χ3n) is 4.95. The second-order valence-electron chi connectivity index (χ2n) is 6.83. The number of Topliss-reactive ketones (excluding diaryl/α,β-unsaturated/α-hetero) is 1. The highest BCUT2D eigenvalue weighted by atomic mass is 16.6. The van der Waals surface area contributed by atoms with Crippen molar-refractivity contribution >= 4 is 23.5 Å². The lowest BCUT2D eigenvalue weighted by molar-refractivity contribution is -0.384. The second kappa shape index (κ2) is 9.85. The van der Waals surface area contributed by atoms with Gasteiger partial charge in [-0.25, -0.2) is 0 Å². The molecular weight excluding hydrogens is 334 g/mol. The minimum atomic E-state index is -0.757. The number of rotatable bonds is 10. The van der Waals surface area contributed by atoms with Crippen LogP contribution in [0.5, 0.6) is 0 Å². The van der Waals surface area contributed by atoms with Crippen LogP contribution in [-0.4, -0.2) is 21.8 Å². The van der Waals surface area contributed by atoms with Crippen LogP contribution in [0.4, 0.5) is 5.69 Å². The number of nitro benzene ring substituents is 1. The van der Waals surface area contributed by atoms with E-state index >= 15 is 0 Å². The summed E-state index contributed by atoms with van der Waals surface area (Å²) in [6.07, 6.45) is 9.99. The van der Waals surface area contributed by atoms with E-state index in [1.54, 1.807) is 12.1 Å².